The van der Waals surface area contributed by atoms with Crippen LogP contribution in [0.5, 0.6) is 0 Å². The van der Waals surface area contributed by atoms with E-state index in [2.05, 4.69) is 30.3 Å². The van der Waals surface area contributed by atoms with E-state index in [4.69, 9.17) is 0 Å². The molecule has 0 atom stereocenters. The zero-order chi connectivity index (χ0) is 22.4. The van der Waals surface area contributed by atoms with Gasteiger partial charge in [-0.3, -0.25) is 14.2 Å². The molecule has 0 spiro atoms. The van der Waals surface area contributed by atoms with Gasteiger partial charge in [0.05, 0.1) is 5.52 Å². The number of nitrogens with one attached hydrogen (secondary N) is 1. The zero-order valence-electron chi connectivity index (χ0n) is 18.1. The van der Waals surface area contributed by atoms with E-state index in [0.29, 0.717) is 22.7 Å². The number of rotatable bonds is 6. The maximum atomic E-state index is 13.2. The SMILES string of the molecule is CC(C)CCn1c(=O)c2sccc2n2c(=O)n(CC(=O)Nc3ccc4c(c3)CCC4)nc12. The van der Waals surface area contributed by atoms with E-state index in [-0.39, 0.29) is 23.8 Å². The molecule has 8 nitrogen and oxygen atoms in total. The van der Waals surface area contributed by atoms with Crippen molar-refractivity contribution in [2.75, 3.05) is 5.32 Å². The van der Waals surface area contributed by atoms with Crippen LogP contribution in [0, 0.1) is 5.92 Å². The standard InChI is InChI=1S/C23H25N5O3S/c1-14(2)8-10-26-21(30)20-18(9-11-32-20)28-22(26)25-27(23(28)31)13-19(29)24-17-7-6-15-4-3-5-16(15)12-17/h6-7,9,11-12,14H,3-5,8,10,13H2,1-2H3,(H,24,29). The minimum absolute atomic E-state index is 0.150. The summed E-state index contributed by atoms with van der Waals surface area (Å²) in [7, 11) is 0. The third-order valence-electron chi connectivity index (χ3n) is 5.99. The highest BCUT2D eigenvalue weighted by Gasteiger charge is 2.20. The van der Waals surface area contributed by atoms with Gasteiger partial charge in [0.1, 0.15) is 11.2 Å². The van der Waals surface area contributed by atoms with Gasteiger partial charge in [-0.05, 0) is 66.3 Å². The molecule has 3 aromatic heterocycles. The molecular formula is C23H25N5O3S. The first-order valence-electron chi connectivity index (χ1n) is 10.9. The van der Waals surface area contributed by atoms with Gasteiger partial charge in [0.2, 0.25) is 11.7 Å². The van der Waals surface area contributed by atoms with Crippen LogP contribution < -0.4 is 16.6 Å². The minimum atomic E-state index is -0.425. The molecule has 0 bridgehead atoms. The van der Waals surface area contributed by atoms with Crippen molar-refractivity contribution in [1.82, 2.24) is 18.7 Å². The van der Waals surface area contributed by atoms with Crippen LogP contribution in [0.4, 0.5) is 5.69 Å². The molecule has 0 saturated carbocycles. The number of carbonyl (C=O) groups is 1. The predicted octanol–water partition coefficient (Wildman–Crippen LogP) is 3.05. The Kier molecular flexibility index (Phi) is 5.21. The van der Waals surface area contributed by atoms with Gasteiger partial charge in [0.25, 0.3) is 5.56 Å². The third-order valence-corrected chi connectivity index (χ3v) is 6.89. The first-order valence-corrected chi connectivity index (χ1v) is 11.8. The van der Waals surface area contributed by atoms with Crippen molar-refractivity contribution in [1.29, 1.82) is 0 Å². The minimum Gasteiger partial charge on any atom is -0.324 e. The molecule has 3 heterocycles. The van der Waals surface area contributed by atoms with Crippen molar-refractivity contribution in [3.8, 4) is 0 Å². The summed E-state index contributed by atoms with van der Waals surface area (Å²) in [4.78, 5) is 38.9. The summed E-state index contributed by atoms with van der Waals surface area (Å²) in [6.07, 6.45) is 4.02. The van der Waals surface area contributed by atoms with Gasteiger partial charge >= 0.3 is 5.69 Å². The number of aromatic nitrogens is 4. The molecule has 0 aliphatic heterocycles. The summed E-state index contributed by atoms with van der Waals surface area (Å²) in [6.45, 7) is 4.41. The zero-order valence-corrected chi connectivity index (χ0v) is 18.9. The van der Waals surface area contributed by atoms with Crippen molar-refractivity contribution >= 4 is 38.9 Å². The summed E-state index contributed by atoms with van der Waals surface area (Å²) < 4.78 is 4.65. The summed E-state index contributed by atoms with van der Waals surface area (Å²) in [6, 6.07) is 7.70. The molecule has 1 aliphatic rings. The highest BCUT2D eigenvalue weighted by molar-refractivity contribution is 7.17. The Morgan fingerprint density at radius 3 is 2.81 bits per heavy atom. The second kappa shape index (κ2) is 8.05. The Morgan fingerprint density at radius 1 is 1.19 bits per heavy atom. The fraction of sp³-hybridized carbons (Fsp3) is 0.391. The van der Waals surface area contributed by atoms with Crippen molar-refractivity contribution in [3.63, 3.8) is 0 Å². The molecule has 5 rings (SSSR count). The number of benzene rings is 1. The quantitative estimate of drug-likeness (QED) is 0.488. The number of carbonyl (C=O) groups excluding carboxylic acids is 1. The van der Waals surface area contributed by atoms with E-state index in [9.17, 15) is 14.4 Å². The maximum absolute atomic E-state index is 13.2. The fourth-order valence-electron chi connectivity index (χ4n) is 4.31. The first-order chi connectivity index (χ1) is 15.4. The van der Waals surface area contributed by atoms with E-state index in [0.717, 1.165) is 36.1 Å². The van der Waals surface area contributed by atoms with E-state index in [1.54, 1.807) is 16.0 Å². The number of fused-ring (bicyclic) bond motifs is 4. The molecule has 1 amide bonds. The molecule has 32 heavy (non-hydrogen) atoms. The highest BCUT2D eigenvalue weighted by atomic mass is 32.1. The lowest BCUT2D eigenvalue weighted by Gasteiger charge is -2.09. The molecular weight excluding hydrogens is 426 g/mol. The lowest BCUT2D eigenvalue weighted by Crippen LogP contribution is -2.29. The van der Waals surface area contributed by atoms with Crippen LogP contribution in [-0.2, 0) is 30.7 Å². The molecule has 0 radical (unpaired) electrons. The number of thiophene rings is 1. The number of hydrogen-bond donors (Lipinski definition) is 1. The number of hydrogen-bond acceptors (Lipinski definition) is 5. The molecule has 0 unspecified atom stereocenters. The van der Waals surface area contributed by atoms with Crippen LogP contribution in [0.1, 0.15) is 37.8 Å². The Balaban J connectivity index is 1.50. The van der Waals surface area contributed by atoms with Crippen molar-refractivity contribution < 1.29 is 4.79 Å². The van der Waals surface area contributed by atoms with E-state index in [1.807, 2.05) is 12.1 Å². The van der Waals surface area contributed by atoms with Gasteiger partial charge in [-0.25, -0.2) is 13.9 Å². The summed E-state index contributed by atoms with van der Waals surface area (Å²) >= 11 is 1.31. The van der Waals surface area contributed by atoms with E-state index in [1.165, 1.54) is 26.9 Å². The van der Waals surface area contributed by atoms with Crippen LogP contribution in [0.25, 0.3) is 16.0 Å². The third kappa shape index (κ3) is 3.56. The summed E-state index contributed by atoms with van der Waals surface area (Å²) in [5.41, 5.74) is 3.28. The number of nitrogens with zero attached hydrogens (tertiary/aromatic N) is 4. The Labute approximate surface area is 188 Å². The maximum Gasteiger partial charge on any atom is 0.352 e. The molecule has 1 aliphatic carbocycles. The second-order valence-corrected chi connectivity index (χ2v) is 9.65. The van der Waals surface area contributed by atoms with Crippen molar-refractivity contribution in [2.24, 2.45) is 5.92 Å². The lowest BCUT2D eigenvalue weighted by molar-refractivity contribution is -0.117. The van der Waals surface area contributed by atoms with Gasteiger partial charge < -0.3 is 5.32 Å². The fourth-order valence-corrected chi connectivity index (χ4v) is 5.14. The molecule has 9 heteroatoms. The average molecular weight is 452 g/mol. The van der Waals surface area contributed by atoms with E-state index >= 15 is 0 Å². The smallest absolute Gasteiger partial charge is 0.324 e. The Bertz CT molecular complexity index is 1460. The lowest BCUT2D eigenvalue weighted by atomic mass is 10.1. The molecule has 0 fully saturated rings. The van der Waals surface area contributed by atoms with Gasteiger partial charge in [-0.1, -0.05) is 19.9 Å². The number of aryl methyl sites for hydroxylation is 3. The molecule has 1 N–H and O–H groups in total. The summed E-state index contributed by atoms with van der Waals surface area (Å²) in [5.74, 6) is 0.343. The topological polar surface area (TPSA) is 90.4 Å². The monoisotopic (exact) mass is 451 g/mol. The Hall–Kier alpha value is -3.20. The predicted molar refractivity (Wildman–Crippen MR) is 126 cm³/mol. The van der Waals surface area contributed by atoms with Gasteiger partial charge in [0.15, 0.2) is 0 Å². The van der Waals surface area contributed by atoms with E-state index < -0.39 is 5.69 Å². The molecule has 1 aromatic carbocycles. The highest BCUT2D eigenvalue weighted by Crippen LogP contribution is 2.25. The number of anilines is 1. The molecule has 166 valence electrons. The second-order valence-electron chi connectivity index (χ2n) is 8.74. The van der Waals surface area contributed by atoms with Crippen LogP contribution in [0.15, 0.2) is 39.2 Å². The summed E-state index contributed by atoms with van der Waals surface area (Å²) in [5, 5.41) is 9.06. The van der Waals surface area contributed by atoms with Gasteiger partial charge in [0, 0.05) is 12.2 Å². The number of amides is 1. The Morgan fingerprint density at radius 2 is 2.00 bits per heavy atom. The van der Waals surface area contributed by atoms with Crippen molar-refractivity contribution in [3.05, 3.63) is 61.6 Å². The van der Waals surface area contributed by atoms with Gasteiger partial charge in [-0.2, -0.15) is 0 Å². The van der Waals surface area contributed by atoms with Gasteiger partial charge in [-0.15, -0.1) is 16.4 Å². The molecule has 4 aromatic rings. The van der Waals surface area contributed by atoms with Crippen LogP contribution in [-0.4, -0.2) is 24.7 Å². The van der Waals surface area contributed by atoms with Crippen molar-refractivity contribution in [2.45, 2.75) is 52.6 Å². The average Bonchev–Trinajstić information content (AvgIpc) is 3.47. The van der Waals surface area contributed by atoms with Crippen LogP contribution in [0.3, 0.4) is 0 Å². The van der Waals surface area contributed by atoms with Crippen LogP contribution in [0.2, 0.25) is 0 Å². The molecule has 0 saturated heterocycles. The first kappa shape index (κ1) is 20.7. The normalized spacial score (nSPS) is 13.3. The van der Waals surface area contributed by atoms with Crippen LogP contribution >= 0.6 is 11.3 Å². The largest absolute Gasteiger partial charge is 0.352 e.